The molecule has 1 aromatic rings. The first kappa shape index (κ1) is 19.2. The normalized spacial score (nSPS) is 13.3. The van der Waals surface area contributed by atoms with Crippen LogP contribution in [0.1, 0.15) is 30.6 Å². The summed E-state index contributed by atoms with van der Waals surface area (Å²) < 4.78 is 29.6. The fraction of sp³-hybridized carbons (Fsp3) is 0.571. The summed E-state index contributed by atoms with van der Waals surface area (Å²) in [5.74, 6) is -2.08. The van der Waals surface area contributed by atoms with Crippen LogP contribution in [0.5, 0.6) is 0 Å². The standard InChI is InChI=1S/C14H22N2O6S/c1-9(2)5-10(14(18)19)7-15-13(17)11-6-12(22-8-11)23(20,21)16(3)4/h6,8-10H,5,7H2,1-4H3,(H,15,17)(H,18,19). The predicted octanol–water partition coefficient (Wildman–Crippen LogP) is 1.01. The topological polar surface area (TPSA) is 117 Å². The van der Waals surface area contributed by atoms with E-state index < -0.39 is 27.8 Å². The van der Waals surface area contributed by atoms with Gasteiger partial charge in [-0.05, 0) is 12.3 Å². The van der Waals surface area contributed by atoms with E-state index in [1.54, 1.807) is 0 Å². The smallest absolute Gasteiger partial charge is 0.308 e. The Labute approximate surface area is 135 Å². The highest BCUT2D eigenvalue weighted by molar-refractivity contribution is 7.88. The molecule has 1 aromatic heterocycles. The van der Waals surface area contributed by atoms with Crippen molar-refractivity contribution in [2.75, 3.05) is 20.6 Å². The third kappa shape index (κ3) is 5.07. The van der Waals surface area contributed by atoms with E-state index in [4.69, 9.17) is 9.52 Å². The molecule has 0 spiro atoms. The van der Waals surface area contributed by atoms with Gasteiger partial charge in [-0.15, -0.1) is 0 Å². The Kier molecular flexibility index (Phi) is 6.34. The highest BCUT2D eigenvalue weighted by Crippen LogP contribution is 2.17. The van der Waals surface area contributed by atoms with E-state index in [9.17, 15) is 18.0 Å². The first-order chi connectivity index (χ1) is 10.6. The van der Waals surface area contributed by atoms with Crippen LogP contribution in [0.3, 0.4) is 0 Å². The second kappa shape index (κ2) is 7.60. The minimum atomic E-state index is -3.76. The van der Waals surface area contributed by atoms with Gasteiger partial charge in [0.25, 0.3) is 15.9 Å². The molecule has 8 nitrogen and oxygen atoms in total. The molecule has 1 heterocycles. The lowest BCUT2D eigenvalue weighted by atomic mass is 9.97. The number of amides is 1. The van der Waals surface area contributed by atoms with Crippen LogP contribution in [0.15, 0.2) is 21.8 Å². The van der Waals surface area contributed by atoms with Crippen molar-refractivity contribution in [3.05, 3.63) is 17.9 Å². The van der Waals surface area contributed by atoms with Crippen LogP contribution in [0.2, 0.25) is 0 Å². The van der Waals surface area contributed by atoms with Gasteiger partial charge < -0.3 is 14.8 Å². The van der Waals surface area contributed by atoms with Gasteiger partial charge in [0, 0.05) is 26.7 Å². The summed E-state index contributed by atoms with van der Waals surface area (Å²) in [6.45, 7) is 3.76. The zero-order valence-electron chi connectivity index (χ0n) is 13.6. The Bertz CT molecular complexity index is 663. The first-order valence-electron chi connectivity index (χ1n) is 7.07. The van der Waals surface area contributed by atoms with Crippen molar-refractivity contribution in [1.29, 1.82) is 0 Å². The van der Waals surface area contributed by atoms with Crippen molar-refractivity contribution >= 4 is 21.9 Å². The van der Waals surface area contributed by atoms with Crippen molar-refractivity contribution < 1.29 is 27.5 Å². The molecule has 0 aliphatic rings. The monoisotopic (exact) mass is 346 g/mol. The van der Waals surface area contributed by atoms with Gasteiger partial charge in [0.2, 0.25) is 5.09 Å². The Balaban J connectivity index is 2.76. The number of hydrogen-bond donors (Lipinski definition) is 2. The molecule has 0 aliphatic heterocycles. The SMILES string of the molecule is CC(C)CC(CNC(=O)c1coc(S(=O)(=O)N(C)C)c1)C(=O)O. The molecule has 9 heteroatoms. The minimum absolute atomic E-state index is 0.0270. The van der Waals surface area contributed by atoms with E-state index in [0.29, 0.717) is 6.42 Å². The van der Waals surface area contributed by atoms with Crippen LogP contribution >= 0.6 is 0 Å². The number of carbonyl (C=O) groups excluding carboxylic acids is 1. The van der Waals surface area contributed by atoms with Gasteiger partial charge in [0.15, 0.2) is 0 Å². The highest BCUT2D eigenvalue weighted by Gasteiger charge is 2.24. The molecule has 130 valence electrons. The Hall–Kier alpha value is -1.87. The van der Waals surface area contributed by atoms with E-state index in [2.05, 4.69) is 5.32 Å². The van der Waals surface area contributed by atoms with Crippen LogP contribution in [0, 0.1) is 11.8 Å². The maximum Gasteiger partial charge on any atom is 0.308 e. The number of hydrogen-bond acceptors (Lipinski definition) is 5. The minimum Gasteiger partial charge on any atom is -0.481 e. The number of nitrogens with one attached hydrogen (secondary N) is 1. The van der Waals surface area contributed by atoms with Gasteiger partial charge in [-0.2, -0.15) is 0 Å². The molecule has 0 bridgehead atoms. The fourth-order valence-corrected chi connectivity index (χ4v) is 2.71. The number of carboxylic acids is 1. The maximum absolute atomic E-state index is 12.0. The van der Waals surface area contributed by atoms with Crippen LogP contribution in [0.25, 0.3) is 0 Å². The molecule has 1 rings (SSSR count). The molecule has 0 aliphatic carbocycles. The summed E-state index contributed by atoms with van der Waals surface area (Å²) in [7, 11) is -1.06. The lowest BCUT2D eigenvalue weighted by Gasteiger charge is -2.14. The number of furan rings is 1. The summed E-state index contributed by atoms with van der Waals surface area (Å²) in [4.78, 5) is 23.1. The van der Waals surface area contributed by atoms with Crippen LogP contribution in [0.4, 0.5) is 0 Å². The van der Waals surface area contributed by atoms with E-state index in [-0.39, 0.29) is 23.1 Å². The molecule has 0 fully saturated rings. The Morgan fingerprint density at radius 1 is 1.35 bits per heavy atom. The van der Waals surface area contributed by atoms with Gasteiger partial charge in [0.05, 0.1) is 11.5 Å². The summed E-state index contributed by atoms with van der Waals surface area (Å²) in [6, 6.07) is 1.11. The van der Waals surface area contributed by atoms with Gasteiger partial charge in [0.1, 0.15) is 6.26 Å². The molecular weight excluding hydrogens is 324 g/mol. The van der Waals surface area contributed by atoms with Crippen molar-refractivity contribution in [2.24, 2.45) is 11.8 Å². The van der Waals surface area contributed by atoms with Gasteiger partial charge in [-0.3, -0.25) is 9.59 Å². The molecule has 2 N–H and O–H groups in total. The lowest BCUT2D eigenvalue weighted by Crippen LogP contribution is -2.33. The first-order valence-corrected chi connectivity index (χ1v) is 8.51. The molecule has 1 atom stereocenters. The van der Waals surface area contributed by atoms with E-state index in [1.807, 2.05) is 13.8 Å². The fourth-order valence-electron chi connectivity index (χ4n) is 1.91. The second-order valence-corrected chi connectivity index (χ2v) is 7.90. The van der Waals surface area contributed by atoms with Gasteiger partial charge in [-0.1, -0.05) is 13.8 Å². The summed E-state index contributed by atoms with van der Waals surface area (Å²) in [5, 5.41) is 11.3. The average molecular weight is 346 g/mol. The number of aliphatic carboxylic acids is 1. The molecule has 23 heavy (non-hydrogen) atoms. The van der Waals surface area contributed by atoms with Crippen molar-refractivity contribution in [1.82, 2.24) is 9.62 Å². The van der Waals surface area contributed by atoms with Crippen molar-refractivity contribution in [2.45, 2.75) is 25.4 Å². The molecule has 0 aromatic carbocycles. The van der Waals surface area contributed by atoms with Gasteiger partial charge >= 0.3 is 5.97 Å². The maximum atomic E-state index is 12.0. The predicted molar refractivity (Wildman–Crippen MR) is 82.5 cm³/mol. The number of nitrogens with zero attached hydrogens (tertiary/aromatic N) is 1. The number of rotatable bonds is 8. The van der Waals surface area contributed by atoms with Crippen molar-refractivity contribution in [3.8, 4) is 0 Å². The molecule has 0 radical (unpaired) electrons. The Morgan fingerprint density at radius 3 is 2.43 bits per heavy atom. The largest absolute Gasteiger partial charge is 0.481 e. The molecule has 0 saturated heterocycles. The summed E-state index contributed by atoms with van der Waals surface area (Å²) in [5.41, 5.74) is 0.0270. The number of carboxylic acid groups (broad SMARTS) is 1. The highest BCUT2D eigenvalue weighted by atomic mass is 32.2. The van der Waals surface area contributed by atoms with Crippen LogP contribution in [-0.4, -0.2) is 50.3 Å². The Morgan fingerprint density at radius 2 is 1.96 bits per heavy atom. The number of carbonyl (C=O) groups is 2. The number of sulfonamides is 1. The van der Waals surface area contributed by atoms with Gasteiger partial charge in [-0.25, -0.2) is 12.7 Å². The quantitative estimate of drug-likeness (QED) is 0.725. The van der Waals surface area contributed by atoms with Crippen LogP contribution < -0.4 is 5.32 Å². The third-order valence-corrected chi connectivity index (χ3v) is 4.87. The summed E-state index contributed by atoms with van der Waals surface area (Å²) in [6.07, 6.45) is 1.46. The second-order valence-electron chi connectivity index (χ2n) is 5.82. The van der Waals surface area contributed by atoms with E-state index in [0.717, 1.165) is 16.6 Å². The average Bonchev–Trinajstić information content (AvgIpc) is 2.92. The zero-order chi connectivity index (χ0) is 17.8. The molecule has 1 unspecified atom stereocenters. The summed E-state index contributed by atoms with van der Waals surface area (Å²) >= 11 is 0. The van der Waals surface area contributed by atoms with Crippen LogP contribution in [-0.2, 0) is 14.8 Å². The van der Waals surface area contributed by atoms with E-state index in [1.165, 1.54) is 14.1 Å². The third-order valence-electron chi connectivity index (χ3n) is 3.19. The van der Waals surface area contributed by atoms with Crippen molar-refractivity contribution in [3.63, 3.8) is 0 Å². The van der Waals surface area contributed by atoms with E-state index >= 15 is 0 Å². The molecular formula is C14H22N2O6S. The molecule has 1 amide bonds. The molecule has 0 saturated carbocycles. The zero-order valence-corrected chi connectivity index (χ0v) is 14.4. The lowest BCUT2D eigenvalue weighted by molar-refractivity contribution is -0.142.